The van der Waals surface area contributed by atoms with Crippen LogP contribution in [0.3, 0.4) is 0 Å². The molecule has 5 rings (SSSR count). The summed E-state index contributed by atoms with van der Waals surface area (Å²) in [4.78, 5) is 32.3. The molecule has 1 N–H and O–H groups in total. The number of hydrogen-bond acceptors (Lipinski definition) is 4. The minimum Gasteiger partial charge on any atom is -0.351 e. The highest BCUT2D eigenvalue weighted by molar-refractivity contribution is 5.94. The van der Waals surface area contributed by atoms with Crippen molar-refractivity contribution in [1.82, 2.24) is 24.2 Å². The molecule has 0 atom stereocenters. The van der Waals surface area contributed by atoms with Crippen LogP contribution < -0.4 is 10.9 Å². The maximum Gasteiger partial charge on any atom is 0.276 e. The Labute approximate surface area is 203 Å². The Kier molecular flexibility index (Phi) is 6.41. The van der Waals surface area contributed by atoms with Crippen LogP contribution in [-0.4, -0.2) is 44.9 Å². The van der Waals surface area contributed by atoms with E-state index in [-0.39, 0.29) is 11.5 Å². The fraction of sp³-hybridized carbons (Fsp3) is 0.179. The molecule has 35 heavy (non-hydrogen) atoms. The van der Waals surface area contributed by atoms with E-state index < -0.39 is 0 Å². The van der Waals surface area contributed by atoms with Crippen LogP contribution in [0.15, 0.2) is 96.1 Å². The van der Waals surface area contributed by atoms with Gasteiger partial charge in [-0.05, 0) is 54.6 Å². The molecule has 0 fully saturated rings. The van der Waals surface area contributed by atoms with Crippen LogP contribution in [0.1, 0.15) is 21.5 Å². The molecule has 0 aliphatic rings. The van der Waals surface area contributed by atoms with Crippen molar-refractivity contribution >= 4 is 22.6 Å². The molecular formula is C28H27N5O2. The maximum absolute atomic E-state index is 13.1. The number of likely N-dealkylation sites (N-methyl/N-ethyl adjacent to an activating group) is 1. The first kappa shape index (κ1) is 22.6. The Morgan fingerprint density at radius 2 is 1.69 bits per heavy atom. The number of aromatic nitrogens is 3. The minimum absolute atomic E-state index is 0.0948. The first-order valence-corrected chi connectivity index (χ1v) is 11.6. The predicted octanol–water partition coefficient (Wildman–Crippen LogP) is 3.56. The lowest BCUT2D eigenvalue weighted by atomic mass is 10.1. The standard InChI is InChI=1S/C28H27N5O2/c1-31(19-21-7-3-2-4-8-21)18-16-30-27(34)23-13-11-22(12-14-23)20-33-26-24(9-5-15-29-26)32-17-6-10-25(32)28(33)35/h2-15,17H,16,18-20H2,1H3,(H,30,34). The van der Waals surface area contributed by atoms with E-state index in [1.165, 1.54) is 5.56 Å². The summed E-state index contributed by atoms with van der Waals surface area (Å²) in [6.07, 6.45) is 3.57. The Morgan fingerprint density at radius 3 is 2.49 bits per heavy atom. The predicted molar refractivity (Wildman–Crippen MR) is 138 cm³/mol. The van der Waals surface area contributed by atoms with Crippen molar-refractivity contribution in [3.05, 3.63) is 118 Å². The third-order valence-electron chi connectivity index (χ3n) is 6.13. The van der Waals surface area contributed by atoms with E-state index in [2.05, 4.69) is 27.3 Å². The van der Waals surface area contributed by atoms with Gasteiger partial charge in [0.25, 0.3) is 11.5 Å². The van der Waals surface area contributed by atoms with E-state index in [9.17, 15) is 9.59 Å². The molecule has 0 aliphatic heterocycles. The van der Waals surface area contributed by atoms with Crippen molar-refractivity contribution in [2.24, 2.45) is 0 Å². The summed E-state index contributed by atoms with van der Waals surface area (Å²) in [7, 11) is 2.04. The molecule has 0 radical (unpaired) electrons. The van der Waals surface area contributed by atoms with Gasteiger partial charge < -0.3 is 14.6 Å². The molecule has 3 heterocycles. The van der Waals surface area contributed by atoms with Gasteiger partial charge in [-0.1, -0.05) is 42.5 Å². The monoisotopic (exact) mass is 465 g/mol. The second kappa shape index (κ2) is 9.95. The van der Waals surface area contributed by atoms with Crippen LogP contribution in [0.5, 0.6) is 0 Å². The summed E-state index contributed by atoms with van der Waals surface area (Å²) >= 11 is 0. The maximum atomic E-state index is 13.1. The number of hydrogen-bond donors (Lipinski definition) is 1. The van der Waals surface area contributed by atoms with Crippen LogP contribution in [0.2, 0.25) is 0 Å². The molecule has 7 nitrogen and oxygen atoms in total. The Bertz CT molecular complexity index is 1520. The zero-order valence-electron chi connectivity index (χ0n) is 19.6. The number of nitrogens with one attached hydrogen (secondary N) is 1. The van der Waals surface area contributed by atoms with E-state index in [0.717, 1.165) is 24.2 Å². The van der Waals surface area contributed by atoms with Gasteiger partial charge in [0.15, 0.2) is 5.65 Å². The summed E-state index contributed by atoms with van der Waals surface area (Å²) in [6.45, 7) is 2.53. The third kappa shape index (κ3) is 4.85. The van der Waals surface area contributed by atoms with E-state index in [1.807, 2.05) is 72.2 Å². The van der Waals surface area contributed by atoms with Crippen molar-refractivity contribution in [2.75, 3.05) is 20.1 Å². The highest BCUT2D eigenvalue weighted by Gasteiger charge is 2.12. The summed E-state index contributed by atoms with van der Waals surface area (Å²) in [5.41, 5.74) is 4.78. The molecule has 0 bridgehead atoms. The van der Waals surface area contributed by atoms with Gasteiger partial charge in [0.05, 0.1) is 12.1 Å². The van der Waals surface area contributed by atoms with Gasteiger partial charge in [0.1, 0.15) is 5.52 Å². The summed E-state index contributed by atoms with van der Waals surface area (Å²) in [5.74, 6) is -0.108. The number of amides is 1. The number of pyridine rings is 1. The van der Waals surface area contributed by atoms with Crippen LogP contribution in [-0.2, 0) is 13.1 Å². The number of benzene rings is 2. The summed E-state index contributed by atoms with van der Waals surface area (Å²) in [5, 5.41) is 2.99. The summed E-state index contributed by atoms with van der Waals surface area (Å²) < 4.78 is 3.55. The number of nitrogens with zero attached hydrogens (tertiary/aromatic N) is 4. The Morgan fingerprint density at radius 1 is 0.914 bits per heavy atom. The lowest BCUT2D eigenvalue weighted by molar-refractivity contribution is 0.0949. The van der Waals surface area contributed by atoms with Crippen molar-refractivity contribution in [3.8, 4) is 0 Å². The van der Waals surface area contributed by atoms with Gasteiger partial charge in [0.2, 0.25) is 0 Å². The zero-order chi connectivity index (χ0) is 24.2. The number of carbonyl (C=O) groups excluding carboxylic acids is 1. The topological polar surface area (TPSA) is 71.6 Å². The largest absolute Gasteiger partial charge is 0.351 e. The van der Waals surface area contributed by atoms with Crippen molar-refractivity contribution in [3.63, 3.8) is 0 Å². The van der Waals surface area contributed by atoms with E-state index in [4.69, 9.17) is 0 Å². The second-order valence-corrected chi connectivity index (χ2v) is 8.68. The molecule has 0 saturated carbocycles. The average Bonchev–Trinajstić information content (AvgIpc) is 3.38. The number of rotatable bonds is 8. The van der Waals surface area contributed by atoms with Crippen molar-refractivity contribution in [2.45, 2.75) is 13.1 Å². The second-order valence-electron chi connectivity index (χ2n) is 8.68. The molecule has 0 aliphatic carbocycles. The molecule has 0 unspecified atom stereocenters. The fourth-order valence-corrected chi connectivity index (χ4v) is 4.31. The number of carbonyl (C=O) groups is 1. The molecule has 5 aromatic rings. The van der Waals surface area contributed by atoms with Crippen LogP contribution in [0.25, 0.3) is 16.7 Å². The molecule has 7 heteroatoms. The molecule has 1 amide bonds. The van der Waals surface area contributed by atoms with E-state index in [1.54, 1.807) is 22.9 Å². The average molecular weight is 466 g/mol. The van der Waals surface area contributed by atoms with Crippen molar-refractivity contribution < 1.29 is 4.79 Å². The molecule has 176 valence electrons. The molecule has 0 saturated heterocycles. The smallest absolute Gasteiger partial charge is 0.276 e. The lowest BCUT2D eigenvalue weighted by Crippen LogP contribution is -2.32. The normalized spacial score (nSPS) is 11.4. The van der Waals surface area contributed by atoms with Crippen molar-refractivity contribution in [1.29, 1.82) is 0 Å². The van der Waals surface area contributed by atoms with Gasteiger partial charge in [-0.25, -0.2) is 4.98 Å². The highest BCUT2D eigenvalue weighted by Crippen LogP contribution is 2.15. The summed E-state index contributed by atoms with van der Waals surface area (Å²) in [6, 6.07) is 25.1. The number of fused-ring (bicyclic) bond motifs is 3. The van der Waals surface area contributed by atoms with E-state index in [0.29, 0.717) is 29.8 Å². The molecule has 2 aromatic carbocycles. The van der Waals surface area contributed by atoms with Crippen LogP contribution >= 0.6 is 0 Å². The zero-order valence-corrected chi connectivity index (χ0v) is 19.6. The van der Waals surface area contributed by atoms with Gasteiger partial charge in [-0.2, -0.15) is 0 Å². The van der Waals surface area contributed by atoms with Gasteiger partial charge >= 0.3 is 0 Å². The van der Waals surface area contributed by atoms with E-state index >= 15 is 0 Å². The van der Waals surface area contributed by atoms with Crippen LogP contribution in [0, 0.1) is 0 Å². The third-order valence-corrected chi connectivity index (χ3v) is 6.13. The first-order chi connectivity index (χ1) is 17.1. The first-order valence-electron chi connectivity index (χ1n) is 11.6. The molecule has 0 spiro atoms. The molecule has 3 aromatic heterocycles. The SMILES string of the molecule is CN(CCNC(=O)c1ccc(Cn2c(=O)c3cccn3c3cccnc32)cc1)Cc1ccccc1. The minimum atomic E-state index is -0.108. The quantitative estimate of drug-likeness (QED) is 0.380. The Balaban J connectivity index is 1.24. The van der Waals surface area contributed by atoms with Gasteiger partial charge in [0, 0.05) is 37.6 Å². The van der Waals surface area contributed by atoms with Crippen LogP contribution in [0.4, 0.5) is 0 Å². The van der Waals surface area contributed by atoms with Gasteiger partial charge in [-0.15, -0.1) is 0 Å². The lowest BCUT2D eigenvalue weighted by Gasteiger charge is -2.17. The highest BCUT2D eigenvalue weighted by atomic mass is 16.1. The van der Waals surface area contributed by atoms with Gasteiger partial charge in [-0.3, -0.25) is 14.2 Å². The molecular weight excluding hydrogens is 438 g/mol. The fourth-order valence-electron chi connectivity index (χ4n) is 4.31. The Hall–Kier alpha value is -4.23.